The lowest BCUT2D eigenvalue weighted by Gasteiger charge is -2.20. The van der Waals surface area contributed by atoms with Crippen molar-refractivity contribution < 1.29 is 24.5 Å². The summed E-state index contributed by atoms with van der Waals surface area (Å²) >= 11 is 0. The monoisotopic (exact) mass is 886 g/mol. The summed E-state index contributed by atoms with van der Waals surface area (Å²) in [5, 5.41) is 22.9. The van der Waals surface area contributed by atoms with Gasteiger partial charge in [-0.15, -0.1) is 0 Å². The van der Waals surface area contributed by atoms with E-state index in [0.717, 1.165) is 51.4 Å². The fraction of sp³-hybridized carbons (Fsp3) is 0.860. The number of rotatable bonds is 51. The van der Waals surface area contributed by atoms with E-state index in [4.69, 9.17) is 4.74 Å². The van der Waals surface area contributed by atoms with Crippen molar-refractivity contribution in [1.82, 2.24) is 5.32 Å². The van der Waals surface area contributed by atoms with Gasteiger partial charge in [0, 0.05) is 12.8 Å². The predicted molar refractivity (Wildman–Crippen MR) is 273 cm³/mol. The second-order valence-corrected chi connectivity index (χ2v) is 18.9. The molecule has 0 rings (SSSR count). The fourth-order valence-electron chi connectivity index (χ4n) is 8.33. The number of aliphatic hydroxyl groups is 2. The number of amides is 1. The summed E-state index contributed by atoms with van der Waals surface area (Å²) in [6, 6.07) is -0.633. The van der Waals surface area contributed by atoms with E-state index in [9.17, 15) is 19.8 Å². The molecule has 370 valence electrons. The Hall–Kier alpha value is -1.92. The first-order valence-corrected chi connectivity index (χ1v) is 27.8. The molecule has 0 aliphatic carbocycles. The smallest absolute Gasteiger partial charge is 0.305 e. The molecule has 2 atom stereocenters. The highest BCUT2D eigenvalue weighted by molar-refractivity contribution is 5.76. The molecule has 6 heteroatoms. The molecule has 0 aromatic rings. The van der Waals surface area contributed by atoms with Gasteiger partial charge in [-0.1, -0.05) is 230 Å². The van der Waals surface area contributed by atoms with Gasteiger partial charge in [-0.25, -0.2) is 0 Å². The predicted octanol–water partition coefficient (Wildman–Crippen LogP) is 16.9. The van der Waals surface area contributed by atoms with Crippen molar-refractivity contribution in [2.75, 3.05) is 13.2 Å². The maximum Gasteiger partial charge on any atom is 0.305 e. The average molecular weight is 886 g/mol. The molecule has 6 nitrogen and oxygen atoms in total. The Morgan fingerprint density at radius 3 is 1.13 bits per heavy atom. The highest BCUT2D eigenvalue weighted by Gasteiger charge is 2.18. The number of ether oxygens (including phenoxy) is 1. The minimum atomic E-state index is -0.848. The first kappa shape index (κ1) is 61.1. The molecule has 0 fully saturated rings. The van der Waals surface area contributed by atoms with Crippen LogP contribution in [0.4, 0.5) is 0 Å². The number of carbonyl (C=O) groups is 2. The lowest BCUT2D eigenvalue weighted by molar-refractivity contribution is -0.143. The van der Waals surface area contributed by atoms with Gasteiger partial charge >= 0.3 is 5.97 Å². The van der Waals surface area contributed by atoms with Crippen LogP contribution in [-0.4, -0.2) is 47.4 Å². The van der Waals surface area contributed by atoms with Gasteiger partial charge in [-0.3, -0.25) is 9.59 Å². The molecular formula is C57H107NO5. The molecule has 0 heterocycles. The number of nitrogens with one attached hydrogen (secondary N) is 1. The Kier molecular flexibility index (Phi) is 51.1. The highest BCUT2D eigenvalue weighted by Crippen LogP contribution is 2.15. The molecule has 0 aliphatic rings. The van der Waals surface area contributed by atoms with Crippen LogP contribution in [0, 0.1) is 0 Å². The molecular weight excluding hydrogens is 779 g/mol. The zero-order valence-electron chi connectivity index (χ0n) is 42.1. The van der Waals surface area contributed by atoms with Gasteiger partial charge in [0.25, 0.3) is 0 Å². The molecule has 0 spiro atoms. The quantitative estimate of drug-likeness (QED) is 0.0321. The first-order chi connectivity index (χ1) is 31.0. The van der Waals surface area contributed by atoms with Gasteiger partial charge < -0.3 is 20.3 Å². The zero-order valence-corrected chi connectivity index (χ0v) is 42.1. The van der Waals surface area contributed by atoms with Crippen LogP contribution in [0.5, 0.6) is 0 Å². The fourth-order valence-corrected chi connectivity index (χ4v) is 8.33. The van der Waals surface area contributed by atoms with Crippen LogP contribution >= 0.6 is 0 Å². The second kappa shape index (κ2) is 52.7. The van der Waals surface area contributed by atoms with Crippen molar-refractivity contribution in [3.63, 3.8) is 0 Å². The molecule has 63 heavy (non-hydrogen) atoms. The summed E-state index contributed by atoms with van der Waals surface area (Å²) in [7, 11) is 0. The molecule has 0 saturated carbocycles. The van der Waals surface area contributed by atoms with E-state index < -0.39 is 12.1 Å². The van der Waals surface area contributed by atoms with Crippen molar-refractivity contribution in [3.8, 4) is 0 Å². The normalized spacial score (nSPS) is 12.9. The van der Waals surface area contributed by atoms with Crippen LogP contribution in [0.2, 0.25) is 0 Å². The number of aliphatic hydroxyl groups excluding tert-OH is 2. The van der Waals surface area contributed by atoms with Crippen LogP contribution in [0.25, 0.3) is 0 Å². The first-order valence-electron chi connectivity index (χ1n) is 27.8. The van der Waals surface area contributed by atoms with Gasteiger partial charge in [0.2, 0.25) is 5.91 Å². The second-order valence-electron chi connectivity index (χ2n) is 18.9. The van der Waals surface area contributed by atoms with Crippen LogP contribution in [0.1, 0.15) is 290 Å². The minimum Gasteiger partial charge on any atom is -0.466 e. The largest absolute Gasteiger partial charge is 0.466 e. The molecule has 1 amide bonds. The number of hydrogen-bond donors (Lipinski definition) is 3. The van der Waals surface area contributed by atoms with Gasteiger partial charge in [0.1, 0.15) is 0 Å². The van der Waals surface area contributed by atoms with Gasteiger partial charge in [-0.2, -0.15) is 0 Å². The SMILES string of the molecule is CCCCCCCCC/C=C\CCCCCCCC(=O)OCCCCCCCCCCC/C=C\CCCCCCCCCC(=O)NC(CO)C(O)/C=C/CCCCCCCCCC. The Labute approximate surface area is 392 Å². The van der Waals surface area contributed by atoms with Crippen molar-refractivity contribution >= 4 is 11.9 Å². The molecule has 0 aromatic carbocycles. The molecule has 0 aliphatic heterocycles. The van der Waals surface area contributed by atoms with Crippen LogP contribution in [-0.2, 0) is 14.3 Å². The van der Waals surface area contributed by atoms with Gasteiger partial charge in [-0.05, 0) is 83.5 Å². The minimum absolute atomic E-state index is 0.00243. The summed E-state index contributed by atoms with van der Waals surface area (Å²) in [6.45, 7) is 4.87. The number of esters is 1. The van der Waals surface area contributed by atoms with Crippen LogP contribution in [0.3, 0.4) is 0 Å². The number of carbonyl (C=O) groups excluding carboxylic acids is 2. The van der Waals surface area contributed by atoms with E-state index in [-0.39, 0.29) is 18.5 Å². The number of allylic oxidation sites excluding steroid dienone is 5. The third kappa shape index (κ3) is 49.4. The summed E-state index contributed by atoms with van der Waals surface area (Å²) in [5.74, 6) is -0.0816. The zero-order chi connectivity index (χ0) is 45.8. The maximum atomic E-state index is 12.4. The van der Waals surface area contributed by atoms with E-state index in [0.29, 0.717) is 19.4 Å². The number of hydrogen-bond acceptors (Lipinski definition) is 5. The Morgan fingerprint density at radius 2 is 0.746 bits per heavy atom. The van der Waals surface area contributed by atoms with E-state index in [1.807, 2.05) is 6.08 Å². The van der Waals surface area contributed by atoms with E-state index in [1.165, 1.54) is 212 Å². The lowest BCUT2D eigenvalue weighted by Crippen LogP contribution is -2.45. The molecule has 0 bridgehead atoms. The van der Waals surface area contributed by atoms with Crippen molar-refractivity contribution in [2.45, 2.75) is 302 Å². The van der Waals surface area contributed by atoms with Crippen molar-refractivity contribution in [1.29, 1.82) is 0 Å². The van der Waals surface area contributed by atoms with Gasteiger partial charge in [0.15, 0.2) is 0 Å². The maximum absolute atomic E-state index is 12.4. The van der Waals surface area contributed by atoms with E-state index in [1.54, 1.807) is 6.08 Å². The topological polar surface area (TPSA) is 95.9 Å². The Balaban J connectivity index is 3.43. The van der Waals surface area contributed by atoms with E-state index >= 15 is 0 Å². The van der Waals surface area contributed by atoms with Crippen molar-refractivity contribution in [3.05, 3.63) is 36.5 Å². The van der Waals surface area contributed by atoms with Crippen LogP contribution < -0.4 is 5.32 Å². The summed E-state index contributed by atoms with van der Waals surface area (Å²) in [6.07, 6.45) is 64.5. The third-order valence-corrected chi connectivity index (χ3v) is 12.6. The van der Waals surface area contributed by atoms with Crippen LogP contribution in [0.15, 0.2) is 36.5 Å². The average Bonchev–Trinajstić information content (AvgIpc) is 3.28. The van der Waals surface area contributed by atoms with Gasteiger partial charge in [0.05, 0.1) is 25.4 Å². The lowest BCUT2D eigenvalue weighted by atomic mass is 10.1. The molecule has 2 unspecified atom stereocenters. The molecule has 3 N–H and O–H groups in total. The molecule has 0 radical (unpaired) electrons. The van der Waals surface area contributed by atoms with Crippen molar-refractivity contribution in [2.24, 2.45) is 0 Å². The molecule has 0 aromatic heterocycles. The standard InChI is InChI=1S/C57H107NO5/c1-3-5-7-9-11-13-15-16-17-25-28-31-35-39-43-47-51-57(62)63-52-48-44-40-36-32-29-26-23-21-19-18-20-22-24-27-30-34-38-42-46-50-56(61)58-54(53-59)55(60)49-45-41-37-33-14-12-10-8-6-4-2/h17-18,20,25,45,49,54-55,59-60H,3-16,19,21-24,26-44,46-48,50-53H2,1-2H3,(H,58,61)/b20-18-,25-17-,49-45+. The Morgan fingerprint density at radius 1 is 0.429 bits per heavy atom. The summed E-state index contributed by atoms with van der Waals surface area (Å²) in [4.78, 5) is 24.4. The Bertz CT molecular complexity index is 1020. The van der Waals surface area contributed by atoms with E-state index in [2.05, 4.69) is 43.5 Å². The highest BCUT2D eigenvalue weighted by atomic mass is 16.5. The third-order valence-electron chi connectivity index (χ3n) is 12.6. The number of unbranched alkanes of at least 4 members (excludes halogenated alkanes) is 36. The summed E-state index contributed by atoms with van der Waals surface area (Å²) < 4.78 is 5.47. The summed E-state index contributed by atoms with van der Waals surface area (Å²) in [5.41, 5.74) is 0. The molecule has 0 saturated heterocycles.